The van der Waals surface area contributed by atoms with E-state index >= 15 is 0 Å². The van der Waals surface area contributed by atoms with Crippen molar-refractivity contribution < 1.29 is 0 Å². The second-order valence-electron chi connectivity index (χ2n) is 11.8. The van der Waals surface area contributed by atoms with Crippen molar-refractivity contribution in [3.63, 3.8) is 0 Å². The van der Waals surface area contributed by atoms with Crippen molar-refractivity contribution in [2.24, 2.45) is 0 Å². The first-order valence-electron chi connectivity index (χ1n) is 14.7. The van der Waals surface area contributed by atoms with E-state index in [9.17, 15) is 0 Å². The van der Waals surface area contributed by atoms with Crippen LogP contribution in [-0.4, -0.2) is 0 Å². The van der Waals surface area contributed by atoms with Gasteiger partial charge in [0.2, 0.25) is 0 Å². The lowest BCUT2D eigenvalue weighted by molar-refractivity contribution is 0.588. The largest absolute Gasteiger partial charge is 0.308 e. The molecule has 0 unspecified atom stereocenters. The van der Waals surface area contributed by atoms with Gasteiger partial charge in [0, 0.05) is 15.2 Å². The van der Waals surface area contributed by atoms with Gasteiger partial charge in [-0.15, -0.1) is 0 Å². The van der Waals surface area contributed by atoms with Gasteiger partial charge in [-0.3, -0.25) is 0 Å². The summed E-state index contributed by atoms with van der Waals surface area (Å²) in [4.78, 5) is 4.97. The maximum absolute atomic E-state index is 4.36. The Bertz CT molecular complexity index is 1800. The first-order valence-corrected chi connectivity index (χ1v) is 15.5. The Morgan fingerprint density at radius 3 is 2.07 bits per heavy atom. The maximum Gasteiger partial charge on any atom is 0.0601 e. The third-order valence-corrected chi connectivity index (χ3v) is 8.94. The molecular weight excluding hydrogens is 527 g/mol. The van der Waals surface area contributed by atoms with Gasteiger partial charge < -0.3 is 4.90 Å². The van der Waals surface area contributed by atoms with Crippen LogP contribution in [0.1, 0.15) is 56.4 Å². The van der Waals surface area contributed by atoms with Crippen LogP contribution in [0.4, 0.5) is 17.1 Å². The lowest BCUT2D eigenvalue weighted by Gasteiger charge is -2.33. The first kappa shape index (κ1) is 27.9. The number of anilines is 3. The van der Waals surface area contributed by atoms with Gasteiger partial charge in [0.15, 0.2) is 0 Å². The summed E-state index contributed by atoms with van der Waals surface area (Å²) in [5.41, 5.74) is 9.66. The number of benzene rings is 5. The molecule has 0 amide bonds. The topological polar surface area (TPSA) is 3.24 Å². The first-order chi connectivity index (χ1) is 20.3. The van der Waals surface area contributed by atoms with Crippen LogP contribution in [0.15, 0.2) is 132 Å². The molecule has 5 aromatic carbocycles. The summed E-state index contributed by atoms with van der Waals surface area (Å²) in [5.74, 6) is 0. The summed E-state index contributed by atoms with van der Waals surface area (Å²) in [6.07, 6.45) is 9.83. The van der Waals surface area contributed by atoms with E-state index in [1.165, 1.54) is 59.9 Å². The zero-order chi connectivity index (χ0) is 29.3. The summed E-state index contributed by atoms with van der Waals surface area (Å²) in [7, 11) is 0. The quantitative estimate of drug-likeness (QED) is 0.146. The van der Waals surface area contributed by atoms with Crippen LogP contribution in [0.5, 0.6) is 0 Å². The van der Waals surface area contributed by atoms with Gasteiger partial charge in [-0.2, -0.15) is 0 Å². The fourth-order valence-corrected chi connectivity index (χ4v) is 6.78. The predicted octanol–water partition coefficient (Wildman–Crippen LogP) is 12.2. The molecule has 0 aliphatic carbocycles. The van der Waals surface area contributed by atoms with Gasteiger partial charge in [0.1, 0.15) is 0 Å². The van der Waals surface area contributed by atoms with E-state index < -0.39 is 0 Å². The van der Waals surface area contributed by atoms with Crippen molar-refractivity contribution in [3.8, 4) is 0 Å². The number of nitrogens with zero attached hydrogens (tertiary/aromatic N) is 1. The fourth-order valence-electron chi connectivity index (χ4n) is 5.72. The Morgan fingerprint density at radius 2 is 1.38 bits per heavy atom. The highest BCUT2D eigenvalue weighted by atomic mass is 32.2. The Morgan fingerprint density at radius 1 is 0.738 bits per heavy atom. The standard InChI is InChI=1S/C40H37NS/c1-6-7-14-28(2)31-26-24-29(27-34(31)40(3,4)5)23-25-30-15-12-17-33-32(30)16-13-20-35(33)41-36-18-8-10-21-38(36)42-39-22-11-9-19-37(39)41/h7-27H,2,6H2,1,3-5H3/b14-7-,25-23+. The van der Waals surface area contributed by atoms with Crippen LogP contribution in [-0.2, 0) is 5.41 Å². The smallest absolute Gasteiger partial charge is 0.0601 e. The van der Waals surface area contributed by atoms with E-state index in [1.807, 2.05) is 11.8 Å². The van der Waals surface area contributed by atoms with E-state index in [2.05, 4.69) is 167 Å². The highest BCUT2D eigenvalue weighted by Crippen LogP contribution is 2.52. The highest BCUT2D eigenvalue weighted by Gasteiger charge is 2.25. The molecule has 0 saturated carbocycles. The Kier molecular flexibility index (Phi) is 7.66. The number of hydrogen-bond donors (Lipinski definition) is 0. The molecule has 0 spiro atoms. The summed E-state index contributed by atoms with van der Waals surface area (Å²) >= 11 is 1.84. The molecule has 1 aliphatic rings. The van der Waals surface area contributed by atoms with Gasteiger partial charge in [0.25, 0.3) is 0 Å². The number of hydrogen-bond acceptors (Lipinski definition) is 2. The molecule has 1 nitrogen and oxygen atoms in total. The summed E-state index contributed by atoms with van der Waals surface area (Å²) in [5, 5.41) is 2.48. The van der Waals surface area contributed by atoms with Crippen LogP contribution in [0, 0.1) is 0 Å². The van der Waals surface area contributed by atoms with Crippen molar-refractivity contribution >= 4 is 57.3 Å². The molecule has 5 aromatic rings. The SMILES string of the molecule is C=C(/C=C\CC)c1ccc(/C=C/c2cccc3c(N4c5ccccc5Sc5ccccc54)cccc23)cc1C(C)(C)C. The lowest BCUT2D eigenvalue weighted by Crippen LogP contribution is -2.15. The molecule has 0 bridgehead atoms. The van der Waals surface area contributed by atoms with Gasteiger partial charge in [0.05, 0.1) is 17.1 Å². The fraction of sp³-hybridized carbons (Fsp3) is 0.150. The van der Waals surface area contributed by atoms with Crippen LogP contribution in [0.2, 0.25) is 0 Å². The zero-order valence-corrected chi connectivity index (χ0v) is 25.7. The lowest BCUT2D eigenvalue weighted by atomic mass is 9.81. The average Bonchev–Trinajstić information content (AvgIpc) is 3.00. The maximum atomic E-state index is 4.36. The molecule has 0 atom stereocenters. The highest BCUT2D eigenvalue weighted by molar-refractivity contribution is 7.99. The summed E-state index contributed by atoms with van der Waals surface area (Å²) < 4.78 is 0. The van der Waals surface area contributed by atoms with Crippen LogP contribution in [0.25, 0.3) is 28.5 Å². The van der Waals surface area contributed by atoms with E-state index in [0.717, 1.165) is 12.0 Å². The Balaban J connectivity index is 1.42. The molecular formula is C40H37NS. The molecule has 6 rings (SSSR count). The number of allylic oxidation sites excluding steroid dienone is 3. The van der Waals surface area contributed by atoms with E-state index in [-0.39, 0.29) is 5.41 Å². The van der Waals surface area contributed by atoms with E-state index in [4.69, 9.17) is 0 Å². The second kappa shape index (κ2) is 11.5. The minimum Gasteiger partial charge on any atom is -0.308 e. The van der Waals surface area contributed by atoms with Crippen LogP contribution < -0.4 is 4.90 Å². The van der Waals surface area contributed by atoms with Crippen LogP contribution >= 0.6 is 11.8 Å². The molecule has 1 heterocycles. The normalized spacial score (nSPS) is 13.1. The van der Waals surface area contributed by atoms with E-state index in [0.29, 0.717) is 0 Å². The molecule has 2 heteroatoms. The monoisotopic (exact) mass is 563 g/mol. The van der Waals surface area contributed by atoms with Crippen molar-refractivity contribution in [3.05, 3.63) is 144 Å². The minimum atomic E-state index is 0.00976. The molecule has 0 saturated heterocycles. The number of rotatable bonds is 6. The molecule has 42 heavy (non-hydrogen) atoms. The Hall–Kier alpha value is -4.27. The summed E-state index contributed by atoms with van der Waals surface area (Å²) in [6.45, 7) is 13.3. The summed E-state index contributed by atoms with van der Waals surface area (Å²) in [6, 6.07) is 37.5. The zero-order valence-electron chi connectivity index (χ0n) is 24.9. The molecule has 0 aromatic heterocycles. The predicted molar refractivity (Wildman–Crippen MR) is 185 cm³/mol. The van der Waals surface area contributed by atoms with Crippen molar-refractivity contribution in [2.75, 3.05) is 4.90 Å². The minimum absolute atomic E-state index is 0.00976. The van der Waals surface area contributed by atoms with Gasteiger partial charge >= 0.3 is 0 Å². The molecule has 0 radical (unpaired) electrons. The third-order valence-electron chi connectivity index (χ3n) is 7.81. The molecule has 208 valence electrons. The number of para-hydroxylation sites is 2. The van der Waals surface area contributed by atoms with Gasteiger partial charge in [-0.1, -0.05) is 143 Å². The van der Waals surface area contributed by atoms with Gasteiger partial charge in [-0.05, 0) is 75.4 Å². The van der Waals surface area contributed by atoms with Gasteiger partial charge in [-0.25, -0.2) is 0 Å². The van der Waals surface area contributed by atoms with Crippen LogP contribution in [0.3, 0.4) is 0 Å². The van der Waals surface area contributed by atoms with Crippen molar-refractivity contribution in [1.82, 2.24) is 0 Å². The van der Waals surface area contributed by atoms with E-state index in [1.54, 1.807) is 0 Å². The van der Waals surface area contributed by atoms with Crippen molar-refractivity contribution in [1.29, 1.82) is 0 Å². The average molecular weight is 564 g/mol. The second-order valence-corrected chi connectivity index (χ2v) is 12.9. The molecule has 0 fully saturated rings. The van der Waals surface area contributed by atoms with Crippen molar-refractivity contribution in [2.45, 2.75) is 49.3 Å². The third kappa shape index (κ3) is 5.35. The number of fused-ring (bicyclic) bond motifs is 3. The molecule has 1 aliphatic heterocycles. The molecule has 0 N–H and O–H groups in total. The Labute approximate surface area is 254 Å².